The maximum absolute atomic E-state index is 10.6. The predicted octanol–water partition coefficient (Wildman–Crippen LogP) is 2.35. The van der Waals surface area contributed by atoms with Crippen molar-refractivity contribution in [3.05, 3.63) is 12.2 Å². The van der Waals surface area contributed by atoms with Gasteiger partial charge in [-0.2, -0.15) is 0 Å². The first kappa shape index (κ1) is 8.70. The third-order valence-corrected chi connectivity index (χ3v) is 2.03. The van der Waals surface area contributed by atoms with E-state index in [0.717, 1.165) is 5.57 Å². The van der Waals surface area contributed by atoms with Gasteiger partial charge in [0.15, 0.2) is 0 Å². The molecule has 0 aromatic rings. The van der Waals surface area contributed by atoms with Crippen molar-refractivity contribution in [3.8, 4) is 0 Å². The average molecular weight is 147 g/mol. The Morgan fingerprint density at radius 1 is 1.56 bits per heavy atom. The Morgan fingerprint density at radius 2 is 1.89 bits per heavy atom. The van der Waals surface area contributed by atoms with Gasteiger partial charge in [0.25, 0.3) is 0 Å². The Hall–Kier alpha value is -0.300. The van der Waals surface area contributed by atoms with E-state index in [0.29, 0.717) is 0 Å². The van der Waals surface area contributed by atoms with Crippen molar-refractivity contribution in [1.82, 2.24) is 0 Å². The standard InChI is InChI=1S/C7H11ClO/c1-5(2)7(3,4)6(8)9/h1H2,2-4H3. The molecule has 0 radical (unpaired) electrons. The molecule has 0 amide bonds. The van der Waals surface area contributed by atoms with Crippen molar-refractivity contribution in [2.75, 3.05) is 0 Å². The first-order chi connectivity index (χ1) is 3.89. The van der Waals surface area contributed by atoms with Crippen molar-refractivity contribution in [1.29, 1.82) is 0 Å². The molecule has 0 fully saturated rings. The molecular formula is C7H11ClO. The van der Waals surface area contributed by atoms with Crippen molar-refractivity contribution < 1.29 is 4.79 Å². The van der Waals surface area contributed by atoms with Crippen LogP contribution in [-0.2, 0) is 4.79 Å². The maximum atomic E-state index is 10.6. The zero-order valence-electron chi connectivity index (χ0n) is 5.99. The molecule has 0 aliphatic rings. The molecule has 0 saturated heterocycles. The summed E-state index contributed by atoms with van der Waals surface area (Å²) >= 11 is 5.26. The molecule has 2 heteroatoms. The van der Waals surface area contributed by atoms with Gasteiger partial charge in [-0.3, -0.25) is 4.79 Å². The van der Waals surface area contributed by atoms with E-state index in [1.165, 1.54) is 0 Å². The second kappa shape index (κ2) is 2.53. The summed E-state index contributed by atoms with van der Waals surface area (Å²) in [6.07, 6.45) is 0. The van der Waals surface area contributed by atoms with Crippen LogP contribution in [0.25, 0.3) is 0 Å². The highest BCUT2D eigenvalue weighted by Crippen LogP contribution is 2.26. The normalized spacial score (nSPS) is 11.1. The Labute approximate surface area is 60.7 Å². The molecule has 0 rings (SSSR count). The quantitative estimate of drug-likeness (QED) is 0.432. The van der Waals surface area contributed by atoms with Crippen molar-refractivity contribution in [2.45, 2.75) is 20.8 Å². The van der Waals surface area contributed by atoms with Crippen LogP contribution in [0.2, 0.25) is 0 Å². The molecule has 0 aliphatic carbocycles. The van der Waals surface area contributed by atoms with Crippen LogP contribution >= 0.6 is 11.6 Å². The number of carbonyl (C=O) groups excluding carboxylic acids is 1. The lowest BCUT2D eigenvalue weighted by Crippen LogP contribution is -2.19. The molecule has 0 saturated carbocycles. The molecule has 0 aromatic carbocycles. The summed E-state index contributed by atoms with van der Waals surface area (Å²) in [7, 11) is 0. The molecule has 0 unspecified atom stereocenters. The summed E-state index contributed by atoms with van der Waals surface area (Å²) < 4.78 is 0. The van der Waals surface area contributed by atoms with Crippen molar-refractivity contribution in [3.63, 3.8) is 0 Å². The molecule has 1 nitrogen and oxygen atoms in total. The third kappa shape index (κ3) is 1.83. The molecule has 0 aromatic heterocycles. The van der Waals surface area contributed by atoms with Crippen LogP contribution in [0.15, 0.2) is 12.2 Å². The minimum absolute atomic E-state index is 0.352. The highest BCUT2D eigenvalue weighted by atomic mass is 35.5. The largest absolute Gasteiger partial charge is 0.280 e. The van der Waals surface area contributed by atoms with Gasteiger partial charge in [0, 0.05) is 0 Å². The molecule has 0 aliphatic heterocycles. The SMILES string of the molecule is C=C(C)C(C)(C)C(=O)Cl. The summed E-state index contributed by atoms with van der Waals surface area (Å²) in [5.41, 5.74) is 0.226. The molecule has 9 heavy (non-hydrogen) atoms. The Bertz CT molecular complexity index is 131. The van der Waals surface area contributed by atoms with Crippen molar-refractivity contribution >= 4 is 16.8 Å². The van der Waals surface area contributed by atoms with Crippen molar-refractivity contribution in [2.24, 2.45) is 5.41 Å². The van der Waals surface area contributed by atoms with Gasteiger partial charge in [0.2, 0.25) is 5.24 Å². The van der Waals surface area contributed by atoms with E-state index < -0.39 is 5.41 Å². The lowest BCUT2D eigenvalue weighted by atomic mass is 9.88. The van der Waals surface area contributed by atoms with Gasteiger partial charge in [0.1, 0.15) is 0 Å². The van der Waals surface area contributed by atoms with Gasteiger partial charge < -0.3 is 0 Å². The summed E-state index contributed by atoms with van der Waals surface area (Å²) in [6.45, 7) is 8.94. The summed E-state index contributed by atoms with van der Waals surface area (Å²) in [4.78, 5) is 10.6. The monoisotopic (exact) mass is 146 g/mol. The summed E-state index contributed by atoms with van der Waals surface area (Å²) in [6, 6.07) is 0. The van der Waals surface area contributed by atoms with Gasteiger partial charge >= 0.3 is 0 Å². The molecule has 52 valence electrons. The first-order valence-electron chi connectivity index (χ1n) is 2.75. The second-order valence-corrected chi connectivity index (χ2v) is 3.02. The number of carbonyl (C=O) groups is 1. The van der Waals surface area contributed by atoms with Gasteiger partial charge in [-0.1, -0.05) is 12.2 Å². The van der Waals surface area contributed by atoms with Crippen LogP contribution in [0.3, 0.4) is 0 Å². The molecule has 0 atom stereocenters. The van der Waals surface area contributed by atoms with Gasteiger partial charge in [-0.25, -0.2) is 0 Å². The topological polar surface area (TPSA) is 17.1 Å². The fourth-order valence-corrected chi connectivity index (χ4v) is 0.329. The summed E-state index contributed by atoms with van der Waals surface area (Å²) in [5.74, 6) is 0. The van der Waals surface area contributed by atoms with Crippen LogP contribution in [0, 0.1) is 5.41 Å². The number of rotatable bonds is 2. The zero-order chi connectivity index (χ0) is 7.65. The Morgan fingerprint density at radius 3 is 1.89 bits per heavy atom. The number of hydrogen-bond acceptors (Lipinski definition) is 1. The first-order valence-corrected chi connectivity index (χ1v) is 3.12. The highest BCUT2D eigenvalue weighted by molar-refractivity contribution is 6.64. The van der Waals surface area contributed by atoms with Gasteiger partial charge in [-0.05, 0) is 32.4 Å². The third-order valence-electron chi connectivity index (χ3n) is 1.56. The smallest absolute Gasteiger partial charge is 0.231 e. The molecule has 0 bridgehead atoms. The van der Waals surface area contributed by atoms with Crippen LogP contribution in [0.5, 0.6) is 0 Å². The van der Waals surface area contributed by atoms with E-state index in [1.54, 1.807) is 20.8 Å². The number of hydrogen-bond donors (Lipinski definition) is 0. The van der Waals surface area contributed by atoms with Gasteiger partial charge in [-0.15, -0.1) is 0 Å². The van der Waals surface area contributed by atoms with E-state index >= 15 is 0 Å². The van der Waals surface area contributed by atoms with E-state index in [-0.39, 0.29) is 5.24 Å². The minimum atomic E-state index is -0.568. The van der Waals surface area contributed by atoms with Crippen LogP contribution in [0.1, 0.15) is 20.8 Å². The average Bonchev–Trinajstić information content (AvgIpc) is 1.65. The fourth-order valence-electron chi connectivity index (χ4n) is 0.168. The highest BCUT2D eigenvalue weighted by Gasteiger charge is 2.25. The number of allylic oxidation sites excluding steroid dienone is 1. The van der Waals surface area contributed by atoms with E-state index in [2.05, 4.69) is 6.58 Å². The van der Waals surface area contributed by atoms with E-state index in [4.69, 9.17) is 11.6 Å². The molecule has 0 heterocycles. The Balaban J connectivity index is 4.38. The molecular weight excluding hydrogens is 136 g/mol. The lowest BCUT2D eigenvalue weighted by molar-refractivity contribution is -0.117. The molecule has 0 N–H and O–H groups in total. The molecule has 0 spiro atoms. The van der Waals surface area contributed by atoms with Crippen LogP contribution < -0.4 is 0 Å². The summed E-state index contributed by atoms with van der Waals surface area (Å²) in [5, 5.41) is -0.352. The van der Waals surface area contributed by atoms with E-state index in [1.807, 2.05) is 0 Å². The van der Waals surface area contributed by atoms with Crippen LogP contribution in [-0.4, -0.2) is 5.24 Å². The Kier molecular flexibility index (Phi) is 2.44. The lowest BCUT2D eigenvalue weighted by Gasteiger charge is -2.18. The second-order valence-electron chi connectivity index (χ2n) is 2.68. The maximum Gasteiger partial charge on any atom is 0.231 e. The number of halogens is 1. The van der Waals surface area contributed by atoms with E-state index in [9.17, 15) is 4.79 Å². The zero-order valence-corrected chi connectivity index (χ0v) is 6.75. The minimum Gasteiger partial charge on any atom is -0.280 e. The fraction of sp³-hybridized carbons (Fsp3) is 0.571. The van der Waals surface area contributed by atoms with Gasteiger partial charge in [0.05, 0.1) is 5.41 Å². The predicted molar refractivity (Wildman–Crippen MR) is 39.5 cm³/mol. The van der Waals surface area contributed by atoms with Crippen LogP contribution in [0.4, 0.5) is 0 Å².